The first-order valence-electron chi connectivity index (χ1n) is 9.43. The molecule has 1 aliphatic carbocycles. The number of nitro groups is 1. The summed E-state index contributed by atoms with van der Waals surface area (Å²) in [5, 5.41) is 11.4. The first-order valence-corrected chi connectivity index (χ1v) is 10.9. The molecule has 11 nitrogen and oxygen atoms in total. The van der Waals surface area contributed by atoms with Gasteiger partial charge in [0.1, 0.15) is 5.56 Å². The molecule has 0 unspecified atom stereocenters. The van der Waals surface area contributed by atoms with E-state index >= 15 is 0 Å². The fraction of sp³-hybridized carbons (Fsp3) is 0.316. The summed E-state index contributed by atoms with van der Waals surface area (Å²) in [4.78, 5) is 23.4. The lowest BCUT2D eigenvalue weighted by Crippen LogP contribution is -2.30. The number of ether oxygens (including phenoxy) is 2. The molecule has 2 aromatic carbocycles. The summed E-state index contributed by atoms with van der Waals surface area (Å²) >= 11 is 0. The Hall–Kier alpha value is -3.38. The highest BCUT2D eigenvalue weighted by Gasteiger charge is 2.28. The van der Waals surface area contributed by atoms with Gasteiger partial charge in [-0.1, -0.05) is 0 Å². The smallest absolute Gasteiger partial charge is 0.286 e. The number of hydrogen-bond acceptors (Lipinski definition) is 8. The van der Waals surface area contributed by atoms with Crippen LogP contribution in [0.5, 0.6) is 11.5 Å². The lowest BCUT2D eigenvalue weighted by atomic mass is 10.1. The number of nitro benzene ring substituents is 1. The summed E-state index contributed by atoms with van der Waals surface area (Å²) in [7, 11) is -2.25. The maximum absolute atomic E-state index is 12.6. The average molecular weight is 450 g/mol. The molecule has 1 saturated carbocycles. The maximum Gasteiger partial charge on any atom is 0.286 e. The number of rotatable bonds is 10. The molecular weight excluding hydrogens is 428 g/mol. The van der Waals surface area contributed by atoms with Gasteiger partial charge in [0.25, 0.3) is 11.6 Å². The number of nitrogens with one attached hydrogen (secondary N) is 3. The number of benzene rings is 2. The van der Waals surface area contributed by atoms with Crippen LogP contribution in [-0.4, -0.2) is 39.0 Å². The molecular formula is C19H22N4O7S. The number of methoxy groups -OCH3 is 1. The molecule has 0 spiro atoms. The fourth-order valence-electron chi connectivity index (χ4n) is 2.71. The van der Waals surface area contributed by atoms with Crippen molar-refractivity contribution in [3.63, 3.8) is 0 Å². The molecule has 0 saturated heterocycles. The van der Waals surface area contributed by atoms with Crippen LogP contribution in [0.2, 0.25) is 0 Å². The van der Waals surface area contributed by atoms with Crippen LogP contribution in [0.25, 0.3) is 0 Å². The van der Waals surface area contributed by atoms with Gasteiger partial charge in [0.15, 0.2) is 11.5 Å². The maximum atomic E-state index is 12.6. The largest absolute Gasteiger partial charge is 0.493 e. The van der Waals surface area contributed by atoms with E-state index in [2.05, 4.69) is 15.6 Å². The summed E-state index contributed by atoms with van der Waals surface area (Å²) in [6, 6.07) is 8.06. The van der Waals surface area contributed by atoms with Crippen molar-refractivity contribution in [1.29, 1.82) is 0 Å². The molecule has 3 N–H and O–H groups in total. The predicted molar refractivity (Wildman–Crippen MR) is 112 cm³/mol. The molecule has 0 aromatic heterocycles. The Morgan fingerprint density at radius 2 is 1.87 bits per heavy atom. The Labute approximate surface area is 178 Å². The first kappa shape index (κ1) is 22.3. The lowest BCUT2D eigenvalue weighted by molar-refractivity contribution is -0.385. The van der Waals surface area contributed by atoms with E-state index in [1.165, 1.54) is 37.4 Å². The Morgan fingerprint density at radius 1 is 1.19 bits per heavy atom. The first-order chi connectivity index (χ1) is 14.7. The zero-order chi connectivity index (χ0) is 22.6. The second-order valence-corrected chi connectivity index (χ2v) is 8.42. The van der Waals surface area contributed by atoms with Crippen LogP contribution in [0.1, 0.15) is 30.1 Å². The van der Waals surface area contributed by atoms with Crippen molar-refractivity contribution in [1.82, 2.24) is 10.1 Å². The standard InChI is InChI=1S/C19H22N4O7S/c1-3-30-18-10-15(16(23(25)26)11-17(18)29-2)19(24)21-20-12-6-8-14(9-7-12)31(27,28)22-13-4-5-13/h6-11,13,20,22H,3-5H2,1-2H3,(H,21,24). The van der Waals surface area contributed by atoms with Gasteiger partial charge in [-0.3, -0.25) is 25.8 Å². The van der Waals surface area contributed by atoms with Crippen molar-refractivity contribution >= 4 is 27.3 Å². The van der Waals surface area contributed by atoms with Crippen molar-refractivity contribution in [2.45, 2.75) is 30.7 Å². The minimum Gasteiger partial charge on any atom is -0.493 e. The van der Waals surface area contributed by atoms with Crippen LogP contribution in [0.15, 0.2) is 41.3 Å². The number of anilines is 1. The van der Waals surface area contributed by atoms with Crippen molar-refractivity contribution in [2.75, 3.05) is 19.1 Å². The number of sulfonamides is 1. The molecule has 31 heavy (non-hydrogen) atoms. The quantitative estimate of drug-likeness (QED) is 0.368. The normalized spacial score (nSPS) is 13.4. The molecule has 1 amide bonds. The van der Waals surface area contributed by atoms with E-state index in [0.717, 1.165) is 18.9 Å². The van der Waals surface area contributed by atoms with E-state index < -0.39 is 26.5 Å². The molecule has 0 heterocycles. The predicted octanol–water partition coefficient (Wildman–Crippen LogP) is 2.20. The summed E-state index contributed by atoms with van der Waals surface area (Å²) < 4.78 is 37.4. The van der Waals surface area contributed by atoms with Gasteiger partial charge < -0.3 is 9.47 Å². The highest BCUT2D eigenvalue weighted by atomic mass is 32.2. The van der Waals surface area contributed by atoms with Crippen molar-refractivity contribution in [3.05, 3.63) is 52.1 Å². The highest BCUT2D eigenvalue weighted by Crippen LogP contribution is 2.34. The highest BCUT2D eigenvalue weighted by molar-refractivity contribution is 7.89. The summed E-state index contributed by atoms with van der Waals surface area (Å²) in [6.07, 6.45) is 1.65. The molecule has 3 rings (SSSR count). The molecule has 0 bridgehead atoms. The third-order valence-corrected chi connectivity index (χ3v) is 5.94. The van der Waals surface area contributed by atoms with E-state index in [4.69, 9.17) is 9.47 Å². The zero-order valence-corrected chi connectivity index (χ0v) is 17.7. The zero-order valence-electron chi connectivity index (χ0n) is 16.9. The van der Waals surface area contributed by atoms with Crippen LogP contribution in [-0.2, 0) is 10.0 Å². The Bertz CT molecular complexity index is 1080. The number of amides is 1. The van der Waals surface area contributed by atoms with E-state index in [-0.39, 0.29) is 34.6 Å². The van der Waals surface area contributed by atoms with Crippen molar-refractivity contribution in [3.8, 4) is 11.5 Å². The third-order valence-electron chi connectivity index (χ3n) is 4.41. The molecule has 2 aromatic rings. The SMILES string of the molecule is CCOc1cc(C(=O)NNc2ccc(S(=O)(=O)NC3CC3)cc2)c([N+](=O)[O-])cc1OC. The molecule has 1 fully saturated rings. The number of carbonyl (C=O) groups is 1. The van der Waals surface area contributed by atoms with Crippen molar-refractivity contribution in [2.24, 2.45) is 0 Å². The van der Waals surface area contributed by atoms with E-state index in [9.17, 15) is 23.3 Å². The van der Waals surface area contributed by atoms with E-state index in [1.807, 2.05) is 0 Å². The number of hydrazine groups is 1. The van der Waals surface area contributed by atoms with Crippen LogP contribution >= 0.6 is 0 Å². The van der Waals surface area contributed by atoms with Crippen LogP contribution in [0.4, 0.5) is 11.4 Å². The number of carbonyl (C=O) groups excluding carboxylic acids is 1. The molecule has 0 aliphatic heterocycles. The van der Waals surface area contributed by atoms with Crippen LogP contribution < -0.4 is 25.0 Å². The van der Waals surface area contributed by atoms with Gasteiger partial charge in [0, 0.05) is 12.1 Å². The molecule has 12 heteroatoms. The van der Waals surface area contributed by atoms with Gasteiger partial charge in [-0.05, 0) is 44.0 Å². The van der Waals surface area contributed by atoms with Gasteiger partial charge in [-0.15, -0.1) is 0 Å². The average Bonchev–Trinajstić information content (AvgIpc) is 3.55. The Balaban J connectivity index is 1.74. The summed E-state index contributed by atoms with van der Waals surface area (Å²) in [5.74, 6) is -0.449. The molecule has 0 atom stereocenters. The second-order valence-electron chi connectivity index (χ2n) is 6.71. The summed E-state index contributed by atoms with van der Waals surface area (Å²) in [6.45, 7) is 2.00. The minimum atomic E-state index is -3.59. The van der Waals surface area contributed by atoms with Gasteiger partial charge >= 0.3 is 0 Å². The van der Waals surface area contributed by atoms with Gasteiger partial charge in [-0.2, -0.15) is 0 Å². The molecule has 166 valence electrons. The summed E-state index contributed by atoms with van der Waals surface area (Å²) in [5.41, 5.74) is 4.68. The number of nitrogens with zero attached hydrogens (tertiary/aromatic N) is 1. The van der Waals surface area contributed by atoms with E-state index in [0.29, 0.717) is 5.69 Å². The second kappa shape index (κ2) is 9.18. The Morgan fingerprint density at radius 3 is 2.42 bits per heavy atom. The van der Waals surface area contributed by atoms with Gasteiger partial charge in [0.2, 0.25) is 10.0 Å². The van der Waals surface area contributed by atoms with Gasteiger partial charge in [-0.25, -0.2) is 13.1 Å². The monoisotopic (exact) mass is 450 g/mol. The third kappa shape index (κ3) is 5.41. The topological polar surface area (TPSA) is 149 Å². The minimum absolute atomic E-state index is 0.0102. The number of hydrogen-bond donors (Lipinski definition) is 3. The van der Waals surface area contributed by atoms with Gasteiger partial charge in [0.05, 0.1) is 35.3 Å². The Kier molecular flexibility index (Phi) is 6.61. The van der Waals surface area contributed by atoms with Crippen LogP contribution in [0, 0.1) is 10.1 Å². The lowest BCUT2D eigenvalue weighted by Gasteiger charge is -2.13. The fourth-order valence-corrected chi connectivity index (χ4v) is 4.02. The van der Waals surface area contributed by atoms with Crippen LogP contribution in [0.3, 0.4) is 0 Å². The molecule has 1 aliphatic rings. The molecule has 0 radical (unpaired) electrons. The van der Waals surface area contributed by atoms with E-state index in [1.54, 1.807) is 6.92 Å². The van der Waals surface area contributed by atoms with Crippen molar-refractivity contribution < 1.29 is 27.6 Å².